The number of anilines is 1. The Hall–Kier alpha value is -4.91. The number of benzene rings is 1. The number of fused-ring (bicyclic) bond motifs is 5. The standard InChI is InChI=1S/C36H40ClF3N4O11/c1-7-23-22(36(38,39)40)15-20(44(49)50)14-21-26-17-35(48,42-33(47)53-26)27(52-6)10-8-9-18(2)11-19-12-24(30(37)25(13-19)51-5)43(4)29(45)16-28(54-32(46)41-23)34(3)31(21)55-34/h7-10,12-15,21,26-28,31,48H,11,16-17H2,1-6H3,(H,41,46)(H,42,47)/b10-8+,18-9+,20-14+,22-15?,23-7?/t21-,26+,27-,28+,31+,34+,35+/m1/s1. The summed E-state index contributed by atoms with van der Waals surface area (Å²) >= 11 is 6.67. The third kappa shape index (κ3) is 8.66. The van der Waals surface area contributed by atoms with E-state index in [9.17, 15) is 42.8 Å². The number of halogens is 4. The molecule has 0 aromatic heterocycles. The Morgan fingerprint density at radius 3 is 2.51 bits per heavy atom. The zero-order valence-corrected chi connectivity index (χ0v) is 31.3. The summed E-state index contributed by atoms with van der Waals surface area (Å²) in [6.45, 7) is 4.41. The lowest BCUT2D eigenvalue weighted by atomic mass is 9.82. The Morgan fingerprint density at radius 1 is 1.18 bits per heavy atom. The number of ether oxygens (including phenoxy) is 5. The van der Waals surface area contributed by atoms with E-state index in [2.05, 4.69) is 5.32 Å². The maximum Gasteiger partial charge on any atom is 0.418 e. The maximum atomic E-state index is 14.5. The SMILES string of the molecule is CC=C1NC(=O)O[C@H]2CC(=O)N(C)c3cc(cc(OC)c3Cl)C/C(C)=C/C=C/[C@@H](OC)[C@@]3(O)C[C@H](OC(=O)N3)[C@@H](/C=C(/[N+](=O)[O-])C=C1C(F)(F)F)[C@@H]1O[C@@]21C. The highest BCUT2D eigenvalue weighted by Crippen LogP contribution is 2.50. The van der Waals surface area contributed by atoms with Gasteiger partial charge in [0, 0.05) is 32.7 Å². The third-order valence-corrected chi connectivity index (χ3v) is 10.3. The smallest absolute Gasteiger partial charge is 0.418 e. The molecule has 0 aliphatic carbocycles. The Kier molecular flexibility index (Phi) is 11.8. The van der Waals surface area contributed by atoms with E-state index in [1.165, 1.54) is 39.2 Å². The monoisotopic (exact) mass is 796 g/mol. The molecule has 2 saturated heterocycles. The fraction of sp³-hybridized carbons (Fsp3) is 0.472. The number of epoxide rings is 1. The molecule has 3 amide bonds. The number of amides is 3. The van der Waals surface area contributed by atoms with Crippen molar-refractivity contribution >= 4 is 35.4 Å². The molecule has 4 aliphatic rings. The van der Waals surface area contributed by atoms with E-state index in [-0.39, 0.29) is 22.5 Å². The fourth-order valence-corrected chi connectivity index (χ4v) is 7.25. The van der Waals surface area contributed by atoms with Crippen LogP contribution >= 0.6 is 11.6 Å². The number of carbonyl (C=O) groups excluding carboxylic acids is 3. The number of nitrogens with one attached hydrogen (secondary N) is 2. The molecule has 3 N–H and O–H groups in total. The molecule has 0 saturated carbocycles. The number of alkyl halides is 3. The van der Waals surface area contributed by atoms with Gasteiger partial charge in [-0.25, -0.2) is 9.59 Å². The van der Waals surface area contributed by atoms with Gasteiger partial charge < -0.3 is 33.7 Å². The highest BCUT2D eigenvalue weighted by molar-refractivity contribution is 6.35. The molecule has 15 nitrogen and oxygen atoms in total. The van der Waals surface area contributed by atoms with Crippen LogP contribution in [0.3, 0.4) is 0 Å². The van der Waals surface area contributed by atoms with E-state index in [0.717, 1.165) is 24.6 Å². The van der Waals surface area contributed by atoms with Gasteiger partial charge in [-0.2, -0.15) is 13.2 Å². The van der Waals surface area contributed by atoms with Gasteiger partial charge in [-0.05, 0) is 44.9 Å². The third-order valence-electron chi connectivity index (χ3n) is 9.90. The minimum Gasteiger partial charge on any atom is -0.495 e. The molecule has 1 aromatic rings. The lowest BCUT2D eigenvalue weighted by Gasteiger charge is -2.42. The molecule has 4 aliphatic heterocycles. The average molecular weight is 797 g/mol. The van der Waals surface area contributed by atoms with Crippen molar-refractivity contribution in [3.05, 3.63) is 91.8 Å². The summed E-state index contributed by atoms with van der Waals surface area (Å²) in [6.07, 6.45) is -7.57. The average Bonchev–Trinajstić information content (AvgIpc) is 3.78. The molecule has 4 heterocycles. The van der Waals surface area contributed by atoms with Crippen molar-refractivity contribution in [3.63, 3.8) is 0 Å². The second-order valence-corrected chi connectivity index (χ2v) is 14.0. The normalized spacial score (nSPS) is 33.8. The van der Waals surface area contributed by atoms with Crippen LogP contribution < -0.4 is 20.3 Å². The van der Waals surface area contributed by atoms with Gasteiger partial charge in [-0.1, -0.05) is 41.5 Å². The largest absolute Gasteiger partial charge is 0.495 e. The van der Waals surface area contributed by atoms with Crippen LogP contribution in [0.25, 0.3) is 0 Å². The van der Waals surface area contributed by atoms with Crippen molar-refractivity contribution in [3.8, 4) is 5.75 Å². The van der Waals surface area contributed by atoms with Crippen LogP contribution in [0.5, 0.6) is 5.75 Å². The number of aliphatic hydroxyl groups is 1. The quantitative estimate of drug-likeness (QED) is 0.202. The van der Waals surface area contributed by atoms with E-state index < -0.39 is 101 Å². The molecule has 5 rings (SSSR count). The molecule has 0 radical (unpaired) electrons. The lowest BCUT2D eigenvalue weighted by molar-refractivity contribution is -0.419. The van der Waals surface area contributed by atoms with Crippen molar-refractivity contribution in [1.29, 1.82) is 0 Å². The molecule has 0 spiro atoms. The van der Waals surface area contributed by atoms with E-state index >= 15 is 0 Å². The van der Waals surface area contributed by atoms with Crippen LogP contribution in [0.4, 0.5) is 28.4 Å². The number of hydrogen-bond acceptors (Lipinski definition) is 11. The molecule has 19 heteroatoms. The lowest BCUT2D eigenvalue weighted by Crippen LogP contribution is -2.63. The first kappa shape index (κ1) is 41.3. The molecule has 0 unspecified atom stereocenters. The molecule has 2 fully saturated rings. The number of methoxy groups -OCH3 is 2. The summed E-state index contributed by atoms with van der Waals surface area (Å²) < 4.78 is 71.8. The predicted molar refractivity (Wildman–Crippen MR) is 190 cm³/mol. The maximum absolute atomic E-state index is 14.5. The first-order valence-electron chi connectivity index (χ1n) is 16.9. The minimum absolute atomic E-state index is 0.0816. The topological polar surface area (TPSA) is 191 Å². The van der Waals surface area contributed by atoms with Gasteiger partial charge in [0.2, 0.25) is 5.91 Å². The molecule has 55 heavy (non-hydrogen) atoms. The summed E-state index contributed by atoms with van der Waals surface area (Å²) in [5, 5.41) is 28.7. The first-order valence-corrected chi connectivity index (χ1v) is 17.3. The number of nitrogens with zero attached hydrogens (tertiary/aromatic N) is 2. The molecule has 7 atom stereocenters. The molecular formula is C36H40ClF3N4O11. The highest BCUT2D eigenvalue weighted by Gasteiger charge is 2.65. The van der Waals surface area contributed by atoms with Crippen molar-refractivity contribution in [2.45, 2.75) is 82.0 Å². The second kappa shape index (κ2) is 15.7. The Labute approximate surface area is 318 Å². The van der Waals surface area contributed by atoms with Crippen molar-refractivity contribution in [1.82, 2.24) is 10.6 Å². The van der Waals surface area contributed by atoms with Gasteiger partial charge >= 0.3 is 18.4 Å². The van der Waals surface area contributed by atoms with E-state index in [0.29, 0.717) is 12.0 Å². The summed E-state index contributed by atoms with van der Waals surface area (Å²) in [6, 6.07) is 3.34. The summed E-state index contributed by atoms with van der Waals surface area (Å²) in [5.41, 5.74) is -5.76. The van der Waals surface area contributed by atoms with Crippen LogP contribution in [0, 0.1) is 16.0 Å². The number of nitro groups is 1. The Bertz CT molecular complexity index is 1910. The Balaban J connectivity index is 1.76. The van der Waals surface area contributed by atoms with E-state index in [1.54, 1.807) is 24.3 Å². The van der Waals surface area contributed by atoms with Crippen LogP contribution in [0.15, 0.2) is 71.1 Å². The van der Waals surface area contributed by atoms with Crippen LogP contribution in [0.2, 0.25) is 5.02 Å². The first-order chi connectivity index (χ1) is 25.7. The summed E-state index contributed by atoms with van der Waals surface area (Å²) in [4.78, 5) is 53.1. The molecular weight excluding hydrogens is 757 g/mol. The summed E-state index contributed by atoms with van der Waals surface area (Å²) in [5.74, 6) is -1.90. The number of alkyl carbamates (subject to hydrolysis) is 2. The molecule has 6 bridgehead atoms. The van der Waals surface area contributed by atoms with Gasteiger partial charge in [-0.3, -0.25) is 25.5 Å². The minimum atomic E-state index is -5.24. The number of allylic oxidation sites excluding steroid dienone is 6. The van der Waals surface area contributed by atoms with E-state index in [4.69, 9.17) is 35.3 Å². The zero-order chi connectivity index (χ0) is 40.6. The molecule has 298 valence electrons. The molecule has 1 aromatic carbocycles. The fourth-order valence-electron chi connectivity index (χ4n) is 6.94. The van der Waals surface area contributed by atoms with Gasteiger partial charge in [0.15, 0.2) is 5.72 Å². The number of carbonyl (C=O) groups is 3. The van der Waals surface area contributed by atoms with Crippen LogP contribution in [-0.2, 0) is 30.2 Å². The summed E-state index contributed by atoms with van der Waals surface area (Å²) in [7, 11) is 4.08. The predicted octanol–water partition coefficient (Wildman–Crippen LogP) is 5.40. The van der Waals surface area contributed by atoms with Crippen LogP contribution in [-0.4, -0.2) is 91.3 Å². The number of rotatable bonds is 3. The van der Waals surface area contributed by atoms with Crippen molar-refractivity contribution in [2.75, 3.05) is 26.2 Å². The van der Waals surface area contributed by atoms with Crippen LogP contribution in [0.1, 0.15) is 39.2 Å². The second-order valence-electron chi connectivity index (χ2n) is 13.6. The number of hydrogen-bond donors (Lipinski definition) is 3. The highest BCUT2D eigenvalue weighted by atomic mass is 35.5. The van der Waals surface area contributed by atoms with Crippen molar-refractivity contribution < 1.29 is 61.3 Å². The van der Waals surface area contributed by atoms with Gasteiger partial charge in [-0.15, -0.1) is 0 Å². The van der Waals surface area contributed by atoms with Gasteiger partial charge in [0.1, 0.15) is 40.8 Å². The van der Waals surface area contributed by atoms with Gasteiger partial charge in [0.25, 0.3) is 5.70 Å². The zero-order valence-electron chi connectivity index (χ0n) is 30.6. The Morgan fingerprint density at radius 2 is 1.89 bits per heavy atom. The van der Waals surface area contributed by atoms with Crippen molar-refractivity contribution in [2.24, 2.45) is 5.92 Å². The van der Waals surface area contributed by atoms with Gasteiger partial charge in [0.05, 0.1) is 41.3 Å². The van der Waals surface area contributed by atoms with E-state index in [1.807, 2.05) is 12.2 Å².